The first-order valence-electron chi connectivity index (χ1n) is 3.37. The van der Waals surface area contributed by atoms with E-state index >= 15 is 0 Å². The van der Waals surface area contributed by atoms with Crippen molar-refractivity contribution in [2.75, 3.05) is 0 Å². The fraction of sp³-hybridized carbons (Fsp3) is 0.714. The van der Waals surface area contributed by atoms with E-state index in [-0.39, 0.29) is 17.7 Å². The van der Waals surface area contributed by atoms with Crippen molar-refractivity contribution in [1.29, 1.82) is 0 Å². The maximum absolute atomic E-state index is 10.8. The average molecular weight is 143 g/mol. The van der Waals surface area contributed by atoms with Gasteiger partial charge in [-0.15, -0.1) is 0 Å². The van der Waals surface area contributed by atoms with E-state index in [0.717, 1.165) is 0 Å². The summed E-state index contributed by atoms with van der Waals surface area (Å²) >= 11 is 0. The molecule has 0 bridgehead atoms. The van der Waals surface area contributed by atoms with Gasteiger partial charge in [-0.1, -0.05) is 6.92 Å². The molecule has 3 heteroatoms. The largest absolute Gasteiger partial charge is 0.347 e. The third-order valence-corrected chi connectivity index (χ3v) is 1.25. The first-order valence-corrected chi connectivity index (χ1v) is 3.37. The lowest BCUT2D eigenvalue weighted by Crippen LogP contribution is -2.36. The van der Waals surface area contributed by atoms with E-state index in [1.807, 2.05) is 0 Å². The molecule has 0 heterocycles. The van der Waals surface area contributed by atoms with Crippen LogP contribution in [0.25, 0.3) is 0 Å². The van der Waals surface area contributed by atoms with E-state index in [1.54, 1.807) is 13.8 Å². The van der Waals surface area contributed by atoms with E-state index < -0.39 is 0 Å². The number of rotatable bonds is 3. The first kappa shape index (κ1) is 9.14. The molecule has 0 saturated carbocycles. The molecule has 1 amide bonds. The number of carbonyl (C=O) groups is 2. The molecule has 0 aliphatic carbocycles. The van der Waals surface area contributed by atoms with Gasteiger partial charge in [0.1, 0.15) is 0 Å². The van der Waals surface area contributed by atoms with Crippen molar-refractivity contribution >= 4 is 11.7 Å². The molecule has 0 spiro atoms. The van der Waals surface area contributed by atoms with Crippen molar-refractivity contribution in [1.82, 2.24) is 5.32 Å². The van der Waals surface area contributed by atoms with Crippen molar-refractivity contribution in [2.24, 2.45) is 0 Å². The molecule has 0 fully saturated rings. The summed E-state index contributed by atoms with van der Waals surface area (Å²) in [6, 6.07) is -0.331. The third kappa shape index (κ3) is 3.22. The lowest BCUT2D eigenvalue weighted by atomic mass is 10.2. The van der Waals surface area contributed by atoms with Crippen LogP contribution in [-0.4, -0.2) is 17.7 Å². The number of carbonyl (C=O) groups excluding carboxylic acids is 2. The van der Waals surface area contributed by atoms with E-state index in [2.05, 4.69) is 5.32 Å². The zero-order chi connectivity index (χ0) is 8.15. The molecule has 0 aromatic carbocycles. The van der Waals surface area contributed by atoms with Crippen molar-refractivity contribution in [3.8, 4) is 0 Å². The van der Waals surface area contributed by atoms with Crippen LogP contribution in [0.15, 0.2) is 0 Å². The molecular formula is C7H13NO2. The Balaban J connectivity index is 3.72. The number of hydrogen-bond donors (Lipinski definition) is 1. The molecule has 0 aromatic rings. The highest BCUT2D eigenvalue weighted by molar-refractivity contribution is 5.87. The van der Waals surface area contributed by atoms with Gasteiger partial charge >= 0.3 is 0 Å². The van der Waals surface area contributed by atoms with Crippen molar-refractivity contribution in [3.05, 3.63) is 0 Å². The number of Topliss-reactive ketones (excluding diaryl/α,β-unsaturated/α-hetero) is 1. The minimum absolute atomic E-state index is 0.0650. The van der Waals surface area contributed by atoms with Crippen molar-refractivity contribution in [2.45, 2.75) is 33.2 Å². The topological polar surface area (TPSA) is 46.2 Å². The number of amides is 1. The number of ketones is 1. The van der Waals surface area contributed by atoms with Crippen LogP contribution in [0, 0.1) is 0 Å². The van der Waals surface area contributed by atoms with Crippen LogP contribution in [0.3, 0.4) is 0 Å². The Morgan fingerprint density at radius 3 is 2.30 bits per heavy atom. The Labute approximate surface area is 60.8 Å². The molecule has 0 aliphatic heterocycles. The highest BCUT2D eigenvalue weighted by Crippen LogP contribution is 1.88. The lowest BCUT2D eigenvalue weighted by Gasteiger charge is -2.08. The van der Waals surface area contributed by atoms with E-state index in [4.69, 9.17) is 0 Å². The van der Waals surface area contributed by atoms with Crippen LogP contribution >= 0.6 is 0 Å². The second kappa shape index (κ2) is 4.04. The van der Waals surface area contributed by atoms with Crippen LogP contribution in [0.2, 0.25) is 0 Å². The Hall–Kier alpha value is -0.860. The average Bonchev–Trinajstić information content (AvgIpc) is 1.85. The summed E-state index contributed by atoms with van der Waals surface area (Å²) < 4.78 is 0. The zero-order valence-corrected chi connectivity index (χ0v) is 6.60. The molecule has 3 nitrogen and oxygen atoms in total. The molecule has 1 atom stereocenters. The third-order valence-electron chi connectivity index (χ3n) is 1.25. The summed E-state index contributed by atoms with van der Waals surface area (Å²) in [5.41, 5.74) is 0. The molecule has 0 aromatic heterocycles. The minimum atomic E-state index is -0.331. The summed E-state index contributed by atoms with van der Waals surface area (Å²) in [7, 11) is 0. The van der Waals surface area contributed by atoms with Gasteiger partial charge < -0.3 is 5.32 Å². The van der Waals surface area contributed by atoms with E-state index in [9.17, 15) is 9.59 Å². The van der Waals surface area contributed by atoms with Crippen LogP contribution in [0.4, 0.5) is 0 Å². The summed E-state index contributed by atoms with van der Waals surface area (Å²) in [4.78, 5) is 21.2. The molecule has 0 unspecified atom stereocenters. The quantitative estimate of drug-likeness (QED) is 0.625. The minimum Gasteiger partial charge on any atom is -0.347 e. The van der Waals surface area contributed by atoms with Crippen molar-refractivity contribution in [3.63, 3.8) is 0 Å². The summed E-state index contributed by atoms with van der Waals surface area (Å²) in [6.45, 7) is 4.87. The van der Waals surface area contributed by atoms with Crippen LogP contribution in [-0.2, 0) is 9.59 Å². The Morgan fingerprint density at radius 1 is 1.50 bits per heavy atom. The maximum Gasteiger partial charge on any atom is 0.217 e. The summed E-state index contributed by atoms with van der Waals surface area (Å²) in [5, 5.41) is 2.50. The van der Waals surface area contributed by atoms with Gasteiger partial charge in [0.15, 0.2) is 5.78 Å². The standard InChI is InChI=1S/C7H13NO2/c1-4-7(10)5(2)8-6(3)9/h5H,4H2,1-3H3,(H,8,9)/t5-/m1/s1. The van der Waals surface area contributed by atoms with Gasteiger partial charge in [0.25, 0.3) is 0 Å². The first-order chi connectivity index (χ1) is 4.57. The Bertz CT molecular complexity index is 143. The van der Waals surface area contributed by atoms with Crippen LogP contribution < -0.4 is 5.32 Å². The van der Waals surface area contributed by atoms with Gasteiger partial charge in [-0.3, -0.25) is 9.59 Å². The van der Waals surface area contributed by atoms with Crippen LogP contribution in [0.5, 0.6) is 0 Å². The second-order valence-corrected chi connectivity index (χ2v) is 2.24. The molecule has 0 rings (SSSR count). The molecule has 1 N–H and O–H groups in total. The van der Waals surface area contributed by atoms with Gasteiger partial charge in [-0.05, 0) is 6.92 Å². The SMILES string of the molecule is CCC(=O)[C@@H](C)NC(C)=O. The molecular weight excluding hydrogens is 130 g/mol. The lowest BCUT2D eigenvalue weighted by molar-refractivity contribution is -0.126. The Kier molecular flexibility index (Phi) is 3.69. The maximum atomic E-state index is 10.8. The normalized spacial score (nSPS) is 12.3. The highest BCUT2D eigenvalue weighted by Gasteiger charge is 2.09. The number of hydrogen-bond acceptors (Lipinski definition) is 2. The monoisotopic (exact) mass is 143 g/mol. The van der Waals surface area contributed by atoms with E-state index in [1.165, 1.54) is 6.92 Å². The van der Waals surface area contributed by atoms with Crippen LogP contribution in [0.1, 0.15) is 27.2 Å². The summed E-state index contributed by atoms with van der Waals surface area (Å²) in [6.07, 6.45) is 0.474. The predicted octanol–water partition coefficient (Wildman–Crippen LogP) is 0.490. The molecule has 58 valence electrons. The fourth-order valence-electron chi connectivity index (χ4n) is 0.692. The molecule has 0 radical (unpaired) electrons. The second-order valence-electron chi connectivity index (χ2n) is 2.24. The highest BCUT2D eigenvalue weighted by atomic mass is 16.2. The molecule has 0 aliphatic rings. The number of nitrogens with one attached hydrogen (secondary N) is 1. The van der Waals surface area contributed by atoms with Gasteiger partial charge in [-0.25, -0.2) is 0 Å². The Morgan fingerprint density at radius 2 is 2.00 bits per heavy atom. The molecule has 10 heavy (non-hydrogen) atoms. The van der Waals surface area contributed by atoms with Crippen molar-refractivity contribution < 1.29 is 9.59 Å². The predicted molar refractivity (Wildman–Crippen MR) is 38.6 cm³/mol. The zero-order valence-electron chi connectivity index (χ0n) is 6.60. The summed E-state index contributed by atoms with van der Waals surface area (Å²) in [5.74, 6) is -0.0931. The fourth-order valence-corrected chi connectivity index (χ4v) is 0.692. The van der Waals surface area contributed by atoms with Gasteiger partial charge in [0.05, 0.1) is 6.04 Å². The molecule has 0 saturated heterocycles. The van der Waals surface area contributed by atoms with E-state index in [0.29, 0.717) is 6.42 Å². The van der Waals surface area contributed by atoms with Gasteiger partial charge in [-0.2, -0.15) is 0 Å². The van der Waals surface area contributed by atoms with Gasteiger partial charge in [0.2, 0.25) is 5.91 Å². The smallest absolute Gasteiger partial charge is 0.217 e. The van der Waals surface area contributed by atoms with Gasteiger partial charge in [0, 0.05) is 13.3 Å².